The number of methoxy groups -OCH3 is 1. The molecule has 2 aromatic rings. The zero-order valence-electron chi connectivity index (χ0n) is 11.1. The molecule has 0 atom stereocenters. The van der Waals surface area contributed by atoms with Gasteiger partial charge in [-0.15, -0.1) is 0 Å². The lowest BCUT2D eigenvalue weighted by Gasteiger charge is -2.14. The first-order chi connectivity index (χ1) is 10.0. The molecule has 0 saturated carbocycles. The summed E-state index contributed by atoms with van der Waals surface area (Å²) in [5.74, 6) is -2.85. The molecule has 7 heteroatoms. The Morgan fingerprint density at radius 2 is 1.90 bits per heavy atom. The van der Waals surface area contributed by atoms with Crippen molar-refractivity contribution in [2.45, 2.75) is 10.7 Å². The summed E-state index contributed by atoms with van der Waals surface area (Å²) in [5, 5.41) is 2.78. The van der Waals surface area contributed by atoms with E-state index in [0.29, 0.717) is 28.1 Å². The van der Waals surface area contributed by atoms with E-state index in [1.165, 1.54) is 19.2 Å². The first kappa shape index (κ1) is 15.4. The molecule has 0 saturated heterocycles. The second kappa shape index (κ2) is 6.62. The van der Waals surface area contributed by atoms with Crippen molar-refractivity contribution in [3.05, 3.63) is 42.2 Å². The quantitative estimate of drug-likeness (QED) is 0.631. The summed E-state index contributed by atoms with van der Waals surface area (Å²) in [6, 6.07) is 8.93. The summed E-state index contributed by atoms with van der Waals surface area (Å²) >= 11 is 0.389. The van der Waals surface area contributed by atoms with Gasteiger partial charge in [-0.25, -0.2) is 4.39 Å². The zero-order chi connectivity index (χ0) is 15.4. The third-order valence-corrected chi connectivity index (χ3v) is 3.48. The van der Waals surface area contributed by atoms with Crippen LogP contribution in [0.25, 0.3) is 0 Å². The second-order valence-electron chi connectivity index (χ2n) is 4.07. The molecule has 0 aliphatic carbocycles. The molecule has 0 aromatic heterocycles. The monoisotopic (exact) mass is 314 g/mol. The van der Waals surface area contributed by atoms with Crippen molar-refractivity contribution in [1.82, 2.24) is 0 Å². The summed E-state index contributed by atoms with van der Waals surface area (Å²) in [5.41, 5.74) is 6.24. The lowest BCUT2D eigenvalue weighted by atomic mass is 10.2. The summed E-state index contributed by atoms with van der Waals surface area (Å²) < 4.78 is 43.9. The maximum atomic E-state index is 13.9. The Kier molecular flexibility index (Phi) is 4.85. The molecule has 0 amide bonds. The van der Waals surface area contributed by atoms with Gasteiger partial charge in [-0.2, -0.15) is 8.78 Å². The predicted molar refractivity (Wildman–Crippen MR) is 79.0 cm³/mol. The number of benzene rings is 2. The molecule has 21 heavy (non-hydrogen) atoms. The summed E-state index contributed by atoms with van der Waals surface area (Å²) in [6.45, 7) is 0. The zero-order valence-corrected chi connectivity index (χ0v) is 11.9. The van der Waals surface area contributed by atoms with E-state index in [2.05, 4.69) is 5.32 Å². The van der Waals surface area contributed by atoms with Gasteiger partial charge in [-0.05, 0) is 12.1 Å². The highest BCUT2D eigenvalue weighted by Gasteiger charge is 2.13. The van der Waals surface area contributed by atoms with E-state index >= 15 is 0 Å². The van der Waals surface area contributed by atoms with Gasteiger partial charge in [0.15, 0.2) is 0 Å². The van der Waals surface area contributed by atoms with Gasteiger partial charge < -0.3 is 15.8 Å². The molecule has 0 unspecified atom stereocenters. The smallest absolute Gasteiger partial charge is 0.288 e. The SMILES string of the molecule is COc1cc(Nc2ccccc2SC(F)F)c(F)cc1N. The van der Waals surface area contributed by atoms with Gasteiger partial charge >= 0.3 is 0 Å². The first-order valence-electron chi connectivity index (χ1n) is 5.95. The number of ether oxygens (including phenoxy) is 1. The Labute approximate surface area is 124 Å². The number of alkyl halides is 2. The first-order valence-corrected chi connectivity index (χ1v) is 6.83. The number of rotatable bonds is 5. The molecule has 0 radical (unpaired) electrons. The summed E-state index contributed by atoms with van der Waals surface area (Å²) in [4.78, 5) is 0.322. The van der Waals surface area contributed by atoms with Crippen LogP contribution in [0.1, 0.15) is 0 Å². The van der Waals surface area contributed by atoms with E-state index in [1.54, 1.807) is 18.2 Å². The van der Waals surface area contributed by atoms with Crippen LogP contribution in [0.3, 0.4) is 0 Å². The minimum Gasteiger partial charge on any atom is -0.495 e. The van der Waals surface area contributed by atoms with E-state index in [1.807, 2.05) is 0 Å². The molecule has 0 spiro atoms. The van der Waals surface area contributed by atoms with Gasteiger partial charge in [0.25, 0.3) is 5.76 Å². The van der Waals surface area contributed by atoms with Crippen LogP contribution < -0.4 is 15.8 Å². The van der Waals surface area contributed by atoms with E-state index in [9.17, 15) is 13.2 Å². The van der Waals surface area contributed by atoms with Crippen LogP contribution in [0.15, 0.2) is 41.3 Å². The Hall–Kier alpha value is -2.02. The van der Waals surface area contributed by atoms with E-state index in [0.717, 1.165) is 6.07 Å². The standard InChI is InChI=1S/C14H13F3N2OS/c1-20-12-7-11(8(15)6-9(12)18)19-10-4-2-3-5-13(10)21-14(16)17/h2-7,14,19H,18H2,1H3. The van der Waals surface area contributed by atoms with Crippen LogP contribution in [0.4, 0.5) is 30.2 Å². The Morgan fingerprint density at radius 1 is 1.19 bits per heavy atom. The number of nitrogens with two attached hydrogens (primary N) is 1. The number of hydrogen-bond acceptors (Lipinski definition) is 4. The van der Waals surface area contributed by atoms with Gasteiger partial charge in [0, 0.05) is 17.0 Å². The van der Waals surface area contributed by atoms with Crippen molar-refractivity contribution in [3.8, 4) is 5.75 Å². The van der Waals surface area contributed by atoms with Gasteiger partial charge in [0.1, 0.15) is 11.6 Å². The van der Waals surface area contributed by atoms with Crippen molar-refractivity contribution in [2.24, 2.45) is 0 Å². The number of nitrogen functional groups attached to an aromatic ring is 1. The van der Waals surface area contributed by atoms with Crippen LogP contribution >= 0.6 is 11.8 Å². The summed E-state index contributed by atoms with van der Waals surface area (Å²) in [6.07, 6.45) is 0. The van der Waals surface area contributed by atoms with Crippen LogP contribution in [-0.4, -0.2) is 12.9 Å². The Bertz CT molecular complexity index is 638. The highest BCUT2D eigenvalue weighted by atomic mass is 32.2. The van der Waals surface area contributed by atoms with Crippen LogP contribution in [0, 0.1) is 5.82 Å². The average Bonchev–Trinajstić information content (AvgIpc) is 2.43. The molecule has 3 nitrogen and oxygen atoms in total. The number of nitrogens with one attached hydrogen (secondary N) is 1. The van der Waals surface area contributed by atoms with Gasteiger partial charge in [0.2, 0.25) is 0 Å². The second-order valence-corrected chi connectivity index (χ2v) is 5.11. The molecule has 2 rings (SSSR count). The van der Waals surface area contributed by atoms with E-state index in [4.69, 9.17) is 10.5 Å². The molecule has 3 N–H and O–H groups in total. The van der Waals surface area contributed by atoms with Crippen LogP contribution in [0.5, 0.6) is 5.75 Å². The van der Waals surface area contributed by atoms with Gasteiger partial charge in [-0.3, -0.25) is 0 Å². The number of hydrogen-bond donors (Lipinski definition) is 2. The van der Waals surface area contributed by atoms with Crippen molar-refractivity contribution >= 4 is 28.8 Å². The number of anilines is 3. The van der Waals surface area contributed by atoms with Crippen molar-refractivity contribution in [1.29, 1.82) is 0 Å². The maximum absolute atomic E-state index is 13.9. The van der Waals surface area contributed by atoms with Crippen molar-refractivity contribution in [2.75, 3.05) is 18.2 Å². The van der Waals surface area contributed by atoms with Gasteiger partial charge in [-0.1, -0.05) is 23.9 Å². The maximum Gasteiger partial charge on any atom is 0.288 e. The van der Waals surface area contributed by atoms with Crippen molar-refractivity contribution < 1.29 is 17.9 Å². The molecule has 0 aliphatic rings. The molecule has 0 fully saturated rings. The van der Waals surface area contributed by atoms with Gasteiger partial charge in [0.05, 0.1) is 24.2 Å². The van der Waals surface area contributed by atoms with Crippen LogP contribution in [0.2, 0.25) is 0 Å². The fourth-order valence-corrected chi connectivity index (χ4v) is 2.35. The third-order valence-electron chi connectivity index (χ3n) is 2.69. The molecule has 0 aliphatic heterocycles. The largest absolute Gasteiger partial charge is 0.495 e. The molecule has 112 valence electrons. The minimum atomic E-state index is -2.56. The normalized spacial score (nSPS) is 10.7. The fourth-order valence-electron chi connectivity index (χ4n) is 1.76. The fraction of sp³-hybridized carbons (Fsp3) is 0.143. The average molecular weight is 314 g/mol. The highest BCUT2D eigenvalue weighted by molar-refractivity contribution is 7.99. The third kappa shape index (κ3) is 3.75. The molecule has 0 bridgehead atoms. The van der Waals surface area contributed by atoms with Crippen LogP contribution in [-0.2, 0) is 0 Å². The lowest BCUT2D eigenvalue weighted by molar-refractivity contribution is 0.252. The van der Waals surface area contributed by atoms with E-state index < -0.39 is 11.6 Å². The Balaban J connectivity index is 2.34. The van der Waals surface area contributed by atoms with Crippen molar-refractivity contribution in [3.63, 3.8) is 0 Å². The number of thioether (sulfide) groups is 1. The minimum absolute atomic E-state index is 0.100. The molecule has 2 aromatic carbocycles. The topological polar surface area (TPSA) is 47.3 Å². The number of halogens is 3. The predicted octanol–water partition coefficient (Wildman–Crippen LogP) is 4.47. The number of para-hydroxylation sites is 1. The highest BCUT2D eigenvalue weighted by Crippen LogP contribution is 2.35. The summed E-state index contributed by atoms with van der Waals surface area (Å²) in [7, 11) is 1.41. The molecular formula is C14H13F3N2OS. The van der Waals surface area contributed by atoms with E-state index in [-0.39, 0.29) is 11.4 Å². The molecule has 0 heterocycles. The Morgan fingerprint density at radius 3 is 2.57 bits per heavy atom. The lowest BCUT2D eigenvalue weighted by Crippen LogP contribution is -2.00. The molecular weight excluding hydrogens is 301 g/mol.